The van der Waals surface area contributed by atoms with Crippen LogP contribution >= 0.6 is 0 Å². The quantitative estimate of drug-likeness (QED) is 0.490. The molecule has 4 heterocycles. The van der Waals surface area contributed by atoms with Gasteiger partial charge in [0.2, 0.25) is 0 Å². The average molecular weight is 473 g/mol. The van der Waals surface area contributed by atoms with E-state index in [4.69, 9.17) is 18.6 Å². The van der Waals surface area contributed by atoms with Gasteiger partial charge in [0.1, 0.15) is 23.1 Å². The SMILES string of the molecule is CC1(C)OC(=O)C[C@@H](O)[C@]2(C)C3CC[C@@]4(C)[C@H](c5ccoc5)OC(=O)[C@H]5O[C@]54[C@]3(C)C(=O)C[C@@H]12. The Labute approximate surface area is 198 Å². The van der Waals surface area contributed by atoms with Crippen LogP contribution in [0.1, 0.15) is 72.0 Å². The van der Waals surface area contributed by atoms with Gasteiger partial charge in [-0.15, -0.1) is 0 Å². The number of Topliss-reactive ketones (excluding diaryl/α,β-unsaturated/α-hetero) is 1. The summed E-state index contributed by atoms with van der Waals surface area (Å²) in [6.07, 6.45) is 1.99. The Balaban J connectivity index is 1.53. The number of carbonyl (C=O) groups excluding carboxylic acids is 3. The number of cyclic esters (lactones) is 2. The first kappa shape index (κ1) is 22.3. The molecule has 1 spiro atoms. The summed E-state index contributed by atoms with van der Waals surface area (Å²) in [5.74, 6) is -1.59. The predicted octanol–water partition coefficient (Wildman–Crippen LogP) is 3.12. The molecule has 3 aliphatic heterocycles. The molecule has 0 radical (unpaired) electrons. The van der Waals surface area contributed by atoms with Crippen molar-refractivity contribution in [3.63, 3.8) is 0 Å². The smallest absolute Gasteiger partial charge is 0.339 e. The highest BCUT2D eigenvalue weighted by Crippen LogP contribution is 2.78. The van der Waals surface area contributed by atoms with Crippen LogP contribution in [0.25, 0.3) is 0 Å². The lowest BCUT2D eigenvalue weighted by Crippen LogP contribution is -2.72. The third kappa shape index (κ3) is 2.25. The summed E-state index contributed by atoms with van der Waals surface area (Å²) in [7, 11) is 0. The van der Waals surface area contributed by atoms with E-state index < -0.39 is 57.7 Å². The van der Waals surface area contributed by atoms with Crippen LogP contribution < -0.4 is 0 Å². The third-order valence-electron chi connectivity index (χ3n) is 10.5. The van der Waals surface area contributed by atoms with Gasteiger partial charge < -0.3 is 23.7 Å². The summed E-state index contributed by atoms with van der Waals surface area (Å²) >= 11 is 0. The maximum absolute atomic E-state index is 14.2. The molecule has 9 atom stereocenters. The van der Waals surface area contributed by atoms with Crippen LogP contribution in [0.3, 0.4) is 0 Å². The number of fused-ring (bicyclic) bond motifs is 3. The van der Waals surface area contributed by atoms with Gasteiger partial charge in [-0.2, -0.15) is 0 Å². The number of hydrogen-bond donors (Lipinski definition) is 1. The van der Waals surface area contributed by atoms with Gasteiger partial charge in [-0.1, -0.05) is 13.8 Å². The maximum Gasteiger partial charge on any atom is 0.339 e. The Morgan fingerprint density at radius 3 is 2.41 bits per heavy atom. The van der Waals surface area contributed by atoms with Gasteiger partial charge in [0.05, 0.1) is 30.5 Å². The van der Waals surface area contributed by atoms with Crippen molar-refractivity contribution >= 4 is 17.7 Å². The molecule has 5 fully saturated rings. The molecule has 184 valence electrons. The zero-order chi connectivity index (χ0) is 24.5. The Morgan fingerprint density at radius 1 is 1.00 bits per heavy atom. The number of ether oxygens (including phenoxy) is 3. The molecule has 0 bridgehead atoms. The lowest BCUT2D eigenvalue weighted by atomic mass is 9.37. The van der Waals surface area contributed by atoms with Crippen LogP contribution in [0.2, 0.25) is 0 Å². The summed E-state index contributed by atoms with van der Waals surface area (Å²) in [6.45, 7) is 9.61. The van der Waals surface area contributed by atoms with Crippen LogP contribution in [-0.4, -0.2) is 46.2 Å². The van der Waals surface area contributed by atoms with Gasteiger partial charge in [-0.25, -0.2) is 4.79 Å². The standard InChI is InChI=1S/C26H32O8/c1-22(2)15-10-17(28)25(5)14(24(15,4)16(27)11-18(29)33-22)6-8-23(3)19(13-7-9-31-12-13)32-21(30)20-26(23,25)34-20/h7,9,12,14-16,19-20,27H,6,8,10-11H2,1-5H3/t14?,15-,16+,19-,20+,23-,24+,25-,26+/m0/s1. The van der Waals surface area contributed by atoms with Crippen LogP contribution in [0.15, 0.2) is 23.0 Å². The fraction of sp³-hybridized carbons (Fsp3) is 0.731. The number of esters is 2. The minimum atomic E-state index is -1.05. The van der Waals surface area contributed by atoms with Gasteiger partial charge in [-0.05, 0) is 45.6 Å². The molecule has 1 aromatic heterocycles. The highest BCUT2D eigenvalue weighted by atomic mass is 16.7. The van der Waals surface area contributed by atoms with E-state index in [1.165, 1.54) is 0 Å². The van der Waals surface area contributed by atoms with E-state index in [0.717, 1.165) is 5.56 Å². The van der Waals surface area contributed by atoms with Gasteiger partial charge in [0.15, 0.2) is 6.10 Å². The van der Waals surface area contributed by atoms with Crippen LogP contribution in [0.4, 0.5) is 0 Å². The minimum absolute atomic E-state index is 0.00716. The Morgan fingerprint density at radius 2 is 1.74 bits per heavy atom. The van der Waals surface area contributed by atoms with E-state index >= 15 is 0 Å². The number of rotatable bonds is 1. The van der Waals surface area contributed by atoms with E-state index in [2.05, 4.69) is 0 Å². The molecule has 3 saturated heterocycles. The molecule has 8 nitrogen and oxygen atoms in total. The Hall–Kier alpha value is -2.19. The number of carbonyl (C=O) groups is 3. The zero-order valence-corrected chi connectivity index (χ0v) is 20.3. The molecule has 2 saturated carbocycles. The fourth-order valence-corrected chi connectivity index (χ4v) is 8.90. The van der Waals surface area contributed by atoms with E-state index in [1.807, 2.05) is 34.6 Å². The van der Waals surface area contributed by atoms with Crippen molar-refractivity contribution in [2.24, 2.45) is 28.1 Å². The molecule has 5 aliphatic rings. The molecule has 1 unspecified atom stereocenters. The monoisotopic (exact) mass is 472 g/mol. The van der Waals surface area contributed by atoms with Crippen molar-refractivity contribution in [1.82, 2.24) is 0 Å². The number of epoxide rings is 1. The molecule has 2 aliphatic carbocycles. The molecule has 0 amide bonds. The van der Waals surface area contributed by atoms with Crippen molar-refractivity contribution in [1.29, 1.82) is 0 Å². The Bertz CT molecular complexity index is 1090. The van der Waals surface area contributed by atoms with Gasteiger partial charge in [0, 0.05) is 28.7 Å². The molecule has 0 aromatic carbocycles. The Kier molecular flexibility index (Phi) is 4.14. The van der Waals surface area contributed by atoms with Crippen molar-refractivity contribution in [3.8, 4) is 0 Å². The minimum Gasteiger partial charge on any atom is -0.472 e. The second kappa shape index (κ2) is 6.32. The number of furan rings is 1. The molecule has 6 rings (SSSR count). The fourth-order valence-electron chi connectivity index (χ4n) is 8.90. The largest absolute Gasteiger partial charge is 0.472 e. The van der Waals surface area contributed by atoms with E-state index in [-0.39, 0.29) is 30.5 Å². The predicted molar refractivity (Wildman–Crippen MR) is 116 cm³/mol. The van der Waals surface area contributed by atoms with Crippen molar-refractivity contribution in [2.45, 2.75) is 89.8 Å². The van der Waals surface area contributed by atoms with E-state index in [1.54, 1.807) is 18.6 Å². The van der Waals surface area contributed by atoms with Crippen molar-refractivity contribution in [3.05, 3.63) is 24.2 Å². The second-order valence-electron chi connectivity index (χ2n) is 12.2. The van der Waals surface area contributed by atoms with Crippen molar-refractivity contribution < 1.29 is 38.1 Å². The summed E-state index contributed by atoms with van der Waals surface area (Å²) in [5, 5.41) is 11.4. The number of aliphatic hydroxyl groups is 1. The van der Waals surface area contributed by atoms with Crippen LogP contribution in [0, 0.1) is 28.1 Å². The molecular weight excluding hydrogens is 440 g/mol. The lowest BCUT2D eigenvalue weighted by molar-refractivity contribution is -0.231. The zero-order valence-electron chi connectivity index (χ0n) is 20.3. The van der Waals surface area contributed by atoms with Gasteiger partial charge in [-0.3, -0.25) is 9.59 Å². The summed E-state index contributed by atoms with van der Waals surface area (Å²) in [4.78, 5) is 39.8. The molecular formula is C26H32O8. The van der Waals surface area contributed by atoms with E-state index in [0.29, 0.717) is 12.8 Å². The first-order chi connectivity index (χ1) is 15.8. The second-order valence-corrected chi connectivity index (χ2v) is 12.2. The summed E-state index contributed by atoms with van der Waals surface area (Å²) in [5.41, 5.74) is -3.69. The number of hydrogen-bond acceptors (Lipinski definition) is 8. The van der Waals surface area contributed by atoms with Crippen LogP contribution in [-0.2, 0) is 28.6 Å². The van der Waals surface area contributed by atoms with E-state index in [9.17, 15) is 19.5 Å². The third-order valence-corrected chi connectivity index (χ3v) is 10.5. The average Bonchev–Trinajstić information content (AvgIpc) is 3.33. The maximum atomic E-state index is 14.2. The number of aliphatic hydroxyl groups excluding tert-OH is 1. The first-order valence-corrected chi connectivity index (χ1v) is 12.2. The van der Waals surface area contributed by atoms with Gasteiger partial charge in [0.25, 0.3) is 0 Å². The number of ketones is 1. The van der Waals surface area contributed by atoms with Crippen LogP contribution in [0.5, 0.6) is 0 Å². The first-order valence-electron chi connectivity index (χ1n) is 12.2. The lowest BCUT2D eigenvalue weighted by Gasteiger charge is -2.66. The molecule has 8 heteroatoms. The highest BCUT2D eigenvalue weighted by Gasteiger charge is 2.88. The van der Waals surface area contributed by atoms with Crippen molar-refractivity contribution in [2.75, 3.05) is 0 Å². The molecule has 1 N–H and O–H groups in total. The normalized spacial score (nSPS) is 51.1. The topological polar surface area (TPSA) is 116 Å². The molecule has 34 heavy (non-hydrogen) atoms. The van der Waals surface area contributed by atoms with Gasteiger partial charge >= 0.3 is 11.9 Å². The molecule has 1 aromatic rings. The highest BCUT2D eigenvalue weighted by molar-refractivity contribution is 5.93. The summed E-state index contributed by atoms with van der Waals surface area (Å²) < 4.78 is 23.2. The summed E-state index contributed by atoms with van der Waals surface area (Å²) in [6, 6.07) is 1.79.